The lowest BCUT2D eigenvalue weighted by atomic mass is 10.2. The van der Waals surface area contributed by atoms with Crippen molar-refractivity contribution in [1.29, 1.82) is 0 Å². The van der Waals surface area contributed by atoms with Gasteiger partial charge in [0.25, 0.3) is 5.56 Å². The Kier molecular flexibility index (Phi) is 2.84. The number of aromatic amines is 1. The number of ether oxygens (including phenoxy) is 1. The Morgan fingerprint density at radius 2 is 2.31 bits per heavy atom. The fraction of sp³-hybridized carbons (Fsp3) is 0.333. The molecule has 13 heavy (non-hydrogen) atoms. The fourth-order valence-corrected chi connectivity index (χ4v) is 0.998. The first-order valence-electron chi connectivity index (χ1n) is 3.88. The molecule has 0 aliphatic heterocycles. The maximum Gasteiger partial charge on any atom is 0.310 e. The van der Waals surface area contributed by atoms with E-state index in [9.17, 15) is 9.59 Å². The molecule has 1 aromatic rings. The summed E-state index contributed by atoms with van der Waals surface area (Å²) in [7, 11) is 1.33. The summed E-state index contributed by atoms with van der Waals surface area (Å²) < 4.78 is 4.49. The smallest absolute Gasteiger partial charge is 0.310 e. The maximum absolute atomic E-state index is 11.0. The first-order chi connectivity index (χ1) is 6.13. The number of pyridine rings is 1. The normalized spacial score (nSPS) is 9.69. The number of hydrogen-bond donors (Lipinski definition) is 1. The summed E-state index contributed by atoms with van der Waals surface area (Å²) >= 11 is 0. The fourth-order valence-electron chi connectivity index (χ4n) is 0.998. The molecule has 0 aliphatic rings. The van der Waals surface area contributed by atoms with E-state index in [1.54, 1.807) is 13.0 Å². The van der Waals surface area contributed by atoms with E-state index in [-0.39, 0.29) is 17.9 Å². The molecule has 0 aromatic carbocycles. The SMILES string of the molecule is COC(=O)Cc1c[nH]c(=O)c(C)c1. The molecule has 0 atom stereocenters. The summed E-state index contributed by atoms with van der Waals surface area (Å²) in [5.74, 6) is -0.313. The number of nitrogens with one attached hydrogen (secondary N) is 1. The molecule has 4 heteroatoms. The van der Waals surface area contributed by atoms with Gasteiger partial charge in [0, 0.05) is 11.8 Å². The van der Waals surface area contributed by atoms with E-state index in [2.05, 4.69) is 9.72 Å². The van der Waals surface area contributed by atoms with Crippen LogP contribution in [0.2, 0.25) is 0 Å². The highest BCUT2D eigenvalue weighted by Crippen LogP contribution is 1.99. The Labute approximate surface area is 75.5 Å². The van der Waals surface area contributed by atoms with Crippen LogP contribution in [0, 0.1) is 6.92 Å². The van der Waals surface area contributed by atoms with Crippen molar-refractivity contribution < 1.29 is 9.53 Å². The van der Waals surface area contributed by atoms with E-state index in [1.807, 2.05) is 0 Å². The molecule has 0 amide bonds. The average Bonchev–Trinajstić information content (AvgIpc) is 2.11. The second kappa shape index (κ2) is 3.89. The van der Waals surface area contributed by atoms with Gasteiger partial charge < -0.3 is 9.72 Å². The van der Waals surface area contributed by atoms with E-state index in [4.69, 9.17) is 0 Å². The molecule has 1 heterocycles. The molecule has 0 unspecified atom stereocenters. The third-order valence-corrected chi connectivity index (χ3v) is 1.72. The van der Waals surface area contributed by atoms with Crippen molar-refractivity contribution >= 4 is 5.97 Å². The number of esters is 1. The number of H-pyrrole nitrogens is 1. The zero-order valence-electron chi connectivity index (χ0n) is 7.59. The van der Waals surface area contributed by atoms with Gasteiger partial charge in [-0.2, -0.15) is 0 Å². The Balaban J connectivity index is 2.86. The van der Waals surface area contributed by atoms with Gasteiger partial charge in [-0.25, -0.2) is 0 Å². The summed E-state index contributed by atoms with van der Waals surface area (Å²) in [6, 6.07) is 1.68. The van der Waals surface area contributed by atoms with Gasteiger partial charge in [0.1, 0.15) is 0 Å². The zero-order valence-corrected chi connectivity index (χ0v) is 7.59. The summed E-state index contributed by atoms with van der Waals surface area (Å²) in [5, 5.41) is 0. The summed E-state index contributed by atoms with van der Waals surface area (Å²) in [6.07, 6.45) is 1.71. The van der Waals surface area contributed by atoms with Crippen LogP contribution < -0.4 is 5.56 Å². The van der Waals surface area contributed by atoms with Crippen LogP contribution in [0.3, 0.4) is 0 Å². The van der Waals surface area contributed by atoms with Gasteiger partial charge in [-0.15, -0.1) is 0 Å². The highest BCUT2D eigenvalue weighted by atomic mass is 16.5. The second-order valence-corrected chi connectivity index (χ2v) is 2.77. The topological polar surface area (TPSA) is 59.2 Å². The van der Waals surface area contributed by atoms with Gasteiger partial charge in [0.05, 0.1) is 13.5 Å². The van der Waals surface area contributed by atoms with Gasteiger partial charge in [0.15, 0.2) is 0 Å². The van der Waals surface area contributed by atoms with Crippen LogP contribution >= 0.6 is 0 Å². The molecule has 1 N–H and O–H groups in total. The molecular formula is C9H11NO3. The van der Waals surface area contributed by atoms with Gasteiger partial charge >= 0.3 is 5.97 Å². The Bertz CT molecular complexity index is 367. The van der Waals surface area contributed by atoms with Crippen LogP contribution in [0.4, 0.5) is 0 Å². The van der Waals surface area contributed by atoms with E-state index < -0.39 is 0 Å². The van der Waals surface area contributed by atoms with E-state index in [0.29, 0.717) is 5.56 Å². The molecule has 0 saturated carbocycles. The number of carbonyl (C=O) groups excluding carboxylic acids is 1. The standard InChI is InChI=1S/C9H11NO3/c1-6-3-7(4-8(11)13-2)5-10-9(6)12/h3,5H,4H2,1-2H3,(H,10,12). The molecule has 70 valence electrons. The van der Waals surface area contributed by atoms with Crippen molar-refractivity contribution in [3.05, 3.63) is 33.7 Å². The summed E-state index contributed by atoms with van der Waals surface area (Å²) in [6.45, 7) is 1.69. The van der Waals surface area contributed by atoms with Gasteiger partial charge in [-0.1, -0.05) is 0 Å². The largest absolute Gasteiger partial charge is 0.469 e. The molecule has 0 radical (unpaired) electrons. The summed E-state index contributed by atoms with van der Waals surface area (Å²) in [5.41, 5.74) is 1.22. The predicted molar refractivity (Wildman–Crippen MR) is 47.5 cm³/mol. The minimum atomic E-state index is -0.313. The van der Waals surface area contributed by atoms with Crippen molar-refractivity contribution in [3.63, 3.8) is 0 Å². The van der Waals surface area contributed by atoms with Crippen LogP contribution in [-0.2, 0) is 16.0 Å². The van der Waals surface area contributed by atoms with Crippen LogP contribution in [0.15, 0.2) is 17.1 Å². The molecule has 0 spiro atoms. The minimum Gasteiger partial charge on any atom is -0.469 e. The molecule has 4 nitrogen and oxygen atoms in total. The Morgan fingerprint density at radius 1 is 1.62 bits per heavy atom. The van der Waals surface area contributed by atoms with Crippen LogP contribution in [-0.4, -0.2) is 18.1 Å². The lowest BCUT2D eigenvalue weighted by molar-refractivity contribution is -0.139. The average molecular weight is 181 g/mol. The third kappa shape index (κ3) is 2.43. The van der Waals surface area contributed by atoms with Gasteiger partial charge in [-0.05, 0) is 18.6 Å². The molecule has 0 aliphatic carbocycles. The number of rotatable bonds is 2. The van der Waals surface area contributed by atoms with Gasteiger partial charge in [0.2, 0.25) is 0 Å². The number of carbonyl (C=O) groups is 1. The lowest BCUT2D eigenvalue weighted by Crippen LogP contribution is -2.11. The number of hydrogen-bond acceptors (Lipinski definition) is 3. The first-order valence-corrected chi connectivity index (χ1v) is 3.88. The van der Waals surface area contributed by atoms with E-state index in [1.165, 1.54) is 13.3 Å². The minimum absolute atomic E-state index is 0.131. The first kappa shape index (κ1) is 9.51. The number of aryl methyl sites for hydroxylation is 1. The van der Waals surface area contributed by atoms with E-state index >= 15 is 0 Å². The van der Waals surface area contributed by atoms with Crippen molar-refractivity contribution in [2.75, 3.05) is 7.11 Å². The number of methoxy groups -OCH3 is 1. The second-order valence-electron chi connectivity index (χ2n) is 2.77. The third-order valence-electron chi connectivity index (χ3n) is 1.72. The molecular weight excluding hydrogens is 170 g/mol. The van der Waals surface area contributed by atoms with Crippen LogP contribution in [0.1, 0.15) is 11.1 Å². The highest BCUT2D eigenvalue weighted by molar-refractivity contribution is 5.72. The number of aromatic nitrogens is 1. The van der Waals surface area contributed by atoms with E-state index in [0.717, 1.165) is 5.56 Å². The quantitative estimate of drug-likeness (QED) is 0.672. The van der Waals surface area contributed by atoms with Crippen molar-refractivity contribution in [2.45, 2.75) is 13.3 Å². The molecule has 0 fully saturated rings. The highest BCUT2D eigenvalue weighted by Gasteiger charge is 2.03. The monoisotopic (exact) mass is 181 g/mol. The lowest BCUT2D eigenvalue weighted by Gasteiger charge is -1.99. The van der Waals surface area contributed by atoms with Gasteiger partial charge in [-0.3, -0.25) is 9.59 Å². The van der Waals surface area contributed by atoms with Crippen molar-refractivity contribution in [1.82, 2.24) is 4.98 Å². The molecule has 1 rings (SSSR count). The van der Waals surface area contributed by atoms with Crippen LogP contribution in [0.25, 0.3) is 0 Å². The molecule has 0 bridgehead atoms. The Hall–Kier alpha value is -1.58. The maximum atomic E-state index is 11.0. The Morgan fingerprint density at radius 3 is 2.85 bits per heavy atom. The predicted octanol–water partition coefficient (Wildman–Crippen LogP) is 0.399. The molecule has 0 saturated heterocycles. The zero-order chi connectivity index (χ0) is 9.84. The van der Waals surface area contributed by atoms with Crippen molar-refractivity contribution in [2.24, 2.45) is 0 Å². The van der Waals surface area contributed by atoms with Crippen LogP contribution in [0.5, 0.6) is 0 Å². The summed E-state index contributed by atoms with van der Waals surface area (Å²) in [4.78, 5) is 24.4. The van der Waals surface area contributed by atoms with Crippen molar-refractivity contribution in [3.8, 4) is 0 Å². The molecule has 1 aromatic heterocycles.